The average Bonchev–Trinajstić information content (AvgIpc) is 2.71. The van der Waals surface area contributed by atoms with Crippen LogP contribution in [0.15, 0.2) is 91.0 Å². The van der Waals surface area contributed by atoms with E-state index >= 15 is 0 Å². The number of hydrogen-bond acceptors (Lipinski definition) is 2. The van der Waals surface area contributed by atoms with E-state index in [0.29, 0.717) is 0 Å². The lowest BCUT2D eigenvalue weighted by atomic mass is 9.80. The smallest absolute Gasteiger partial charge is 0.154 e. The summed E-state index contributed by atoms with van der Waals surface area (Å²) in [7, 11) is 1.50. The Kier molecular flexibility index (Phi) is 6.04. The summed E-state index contributed by atoms with van der Waals surface area (Å²) in [5.41, 5.74) is 0.352. The van der Waals surface area contributed by atoms with Gasteiger partial charge in [0.15, 0.2) is 5.67 Å². The van der Waals surface area contributed by atoms with E-state index in [4.69, 9.17) is 9.47 Å². The molecule has 3 rings (SSSR count). The summed E-state index contributed by atoms with van der Waals surface area (Å²) in [6, 6.07) is 29.9. The number of ether oxygens (including phenoxy) is 2. The average molecular weight is 364 g/mol. The molecule has 0 radical (unpaired) electrons. The molecular formula is C24H25FO2. The van der Waals surface area contributed by atoms with Crippen LogP contribution in [-0.4, -0.2) is 26.0 Å². The molecule has 3 heteroatoms. The molecule has 0 saturated heterocycles. The van der Waals surface area contributed by atoms with Gasteiger partial charge in [0, 0.05) is 7.11 Å². The van der Waals surface area contributed by atoms with Crippen LogP contribution in [0, 0.1) is 0 Å². The van der Waals surface area contributed by atoms with E-state index in [1.165, 1.54) is 14.0 Å². The second-order valence-electron chi connectivity index (χ2n) is 6.91. The van der Waals surface area contributed by atoms with Gasteiger partial charge in [0.05, 0.1) is 13.2 Å². The van der Waals surface area contributed by atoms with Gasteiger partial charge in [-0.25, -0.2) is 4.39 Å². The van der Waals surface area contributed by atoms with E-state index in [1.54, 1.807) is 0 Å². The van der Waals surface area contributed by atoms with Crippen LogP contribution in [0.1, 0.15) is 23.6 Å². The molecule has 0 aliphatic heterocycles. The first-order valence-electron chi connectivity index (χ1n) is 9.07. The molecule has 2 nitrogen and oxygen atoms in total. The van der Waals surface area contributed by atoms with Gasteiger partial charge in [0.25, 0.3) is 0 Å². The van der Waals surface area contributed by atoms with Crippen molar-refractivity contribution in [1.29, 1.82) is 0 Å². The van der Waals surface area contributed by atoms with Crippen LogP contribution in [-0.2, 0) is 15.1 Å². The van der Waals surface area contributed by atoms with Crippen molar-refractivity contribution in [3.63, 3.8) is 0 Å². The summed E-state index contributed by atoms with van der Waals surface area (Å²) < 4.78 is 26.4. The quantitative estimate of drug-likeness (QED) is 0.500. The maximum Gasteiger partial charge on any atom is 0.154 e. The highest BCUT2D eigenvalue weighted by atomic mass is 19.1. The number of halogens is 1. The molecule has 0 aliphatic carbocycles. The van der Waals surface area contributed by atoms with Crippen molar-refractivity contribution in [2.75, 3.05) is 20.3 Å². The second-order valence-corrected chi connectivity index (χ2v) is 6.91. The van der Waals surface area contributed by atoms with Gasteiger partial charge in [-0.3, -0.25) is 0 Å². The van der Waals surface area contributed by atoms with Gasteiger partial charge in [0.2, 0.25) is 0 Å². The second kappa shape index (κ2) is 8.47. The normalized spacial score (nSPS) is 13.9. The van der Waals surface area contributed by atoms with Gasteiger partial charge in [-0.2, -0.15) is 0 Å². The highest BCUT2D eigenvalue weighted by molar-refractivity contribution is 5.47. The maximum absolute atomic E-state index is 14.9. The summed E-state index contributed by atoms with van der Waals surface area (Å²) in [5.74, 6) is 0. The fraction of sp³-hybridized carbons (Fsp3) is 0.250. The molecule has 0 fully saturated rings. The van der Waals surface area contributed by atoms with Crippen LogP contribution in [0.3, 0.4) is 0 Å². The predicted octanol–water partition coefficient (Wildman–Crippen LogP) is 5.37. The number of alkyl halides is 1. The molecule has 0 aliphatic rings. The number of benzene rings is 3. The van der Waals surface area contributed by atoms with Crippen molar-refractivity contribution in [3.05, 3.63) is 108 Å². The molecule has 3 aromatic rings. The molecule has 0 spiro atoms. The van der Waals surface area contributed by atoms with E-state index in [2.05, 4.69) is 0 Å². The zero-order valence-corrected chi connectivity index (χ0v) is 15.8. The molecule has 140 valence electrons. The first-order chi connectivity index (χ1) is 13.1. The van der Waals surface area contributed by atoms with Gasteiger partial charge >= 0.3 is 0 Å². The van der Waals surface area contributed by atoms with E-state index in [-0.39, 0.29) is 13.2 Å². The predicted molar refractivity (Wildman–Crippen MR) is 107 cm³/mol. The lowest BCUT2D eigenvalue weighted by molar-refractivity contribution is -0.0714. The molecular weight excluding hydrogens is 339 g/mol. The van der Waals surface area contributed by atoms with Crippen LogP contribution < -0.4 is 0 Å². The first-order valence-corrected chi connectivity index (χ1v) is 9.07. The van der Waals surface area contributed by atoms with E-state index in [9.17, 15) is 4.39 Å². The Morgan fingerprint density at radius 2 is 1.04 bits per heavy atom. The minimum Gasteiger partial charge on any atom is -0.381 e. The number of methoxy groups -OCH3 is 1. The minimum atomic E-state index is -1.60. The minimum absolute atomic E-state index is 0.0263. The summed E-state index contributed by atoms with van der Waals surface area (Å²) >= 11 is 0. The Balaban J connectivity index is 2.17. The molecule has 0 saturated carbocycles. The van der Waals surface area contributed by atoms with E-state index < -0.39 is 11.3 Å². The fourth-order valence-electron chi connectivity index (χ4n) is 3.37. The lowest BCUT2D eigenvalue weighted by Gasteiger charge is -2.37. The van der Waals surface area contributed by atoms with Crippen LogP contribution in [0.25, 0.3) is 0 Å². The van der Waals surface area contributed by atoms with Crippen molar-refractivity contribution in [3.8, 4) is 0 Å². The van der Waals surface area contributed by atoms with Crippen molar-refractivity contribution >= 4 is 0 Å². The SMILES string of the molecule is COCC(C)(F)COC(c1ccccc1)(c1ccccc1)c1ccccc1. The van der Waals surface area contributed by atoms with Crippen molar-refractivity contribution < 1.29 is 13.9 Å². The molecule has 0 amide bonds. The standard InChI is InChI=1S/C24H25FO2/c1-23(25,18-26-2)19-27-24(20-12-6-3-7-13-20,21-14-8-4-9-15-21)22-16-10-5-11-17-22/h3-17H,18-19H2,1-2H3. The summed E-state index contributed by atoms with van der Waals surface area (Å²) in [6.45, 7) is 1.38. The highest BCUT2D eigenvalue weighted by Gasteiger charge is 2.40. The molecule has 0 heterocycles. The Bertz CT molecular complexity index is 720. The summed E-state index contributed by atoms with van der Waals surface area (Å²) in [4.78, 5) is 0. The van der Waals surface area contributed by atoms with E-state index in [0.717, 1.165) is 16.7 Å². The number of rotatable bonds is 8. The fourth-order valence-corrected chi connectivity index (χ4v) is 3.37. The molecule has 27 heavy (non-hydrogen) atoms. The van der Waals surface area contributed by atoms with Crippen LogP contribution in [0.4, 0.5) is 4.39 Å². The van der Waals surface area contributed by atoms with Crippen molar-refractivity contribution in [2.24, 2.45) is 0 Å². The molecule has 1 unspecified atom stereocenters. The first kappa shape index (κ1) is 19.3. The van der Waals surface area contributed by atoms with Crippen molar-refractivity contribution in [1.82, 2.24) is 0 Å². The van der Waals surface area contributed by atoms with Gasteiger partial charge in [0.1, 0.15) is 5.60 Å². The summed E-state index contributed by atoms with van der Waals surface area (Å²) in [6.07, 6.45) is 0. The van der Waals surface area contributed by atoms with Crippen LogP contribution in [0.5, 0.6) is 0 Å². The van der Waals surface area contributed by atoms with E-state index in [1.807, 2.05) is 91.0 Å². The van der Waals surface area contributed by atoms with Gasteiger partial charge in [-0.15, -0.1) is 0 Å². The topological polar surface area (TPSA) is 18.5 Å². The molecule has 0 bridgehead atoms. The molecule has 0 aromatic heterocycles. The Hall–Kier alpha value is -2.49. The Morgan fingerprint density at radius 3 is 1.37 bits per heavy atom. The molecule has 3 aromatic carbocycles. The third-order valence-electron chi connectivity index (χ3n) is 4.58. The van der Waals surface area contributed by atoms with Crippen molar-refractivity contribution in [2.45, 2.75) is 18.2 Å². The summed E-state index contributed by atoms with van der Waals surface area (Å²) in [5, 5.41) is 0. The van der Waals surface area contributed by atoms with Gasteiger partial charge in [-0.05, 0) is 23.6 Å². The third kappa shape index (κ3) is 4.26. The zero-order valence-electron chi connectivity index (χ0n) is 15.8. The number of hydrogen-bond donors (Lipinski definition) is 0. The van der Waals surface area contributed by atoms with Gasteiger partial charge < -0.3 is 9.47 Å². The largest absolute Gasteiger partial charge is 0.381 e. The Labute approximate surface area is 160 Å². The third-order valence-corrected chi connectivity index (χ3v) is 4.58. The monoisotopic (exact) mass is 364 g/mol. The lowest BCUT2D eigenvalue weighted by Crippen LogP contribution is -2.40. The maximum atomic E-state index is 14.9. The van der Waals surface area contributed by atoms with Gasteiger partial charge in [-0.1, -0.05) is 91.0 Å². The zero-order chi connectivity index (χ0) is 19.2. The Morgan fingerprint density at radius 1 is 0.667 bits per heavy atom. The molecule has 1 atom stereocenters. The van der Waals surface area contributed by atoms with Crippen LogP contribution >= 0.6 is 0 Å². The van der Waals surface area contributed by atoms with Crippen LogP contribution in [0.2, 0.25) is 0 Å². The molecule has 0 N–H and O–H groups in total. The highest BCUT2D eigenvalue weighted by Crippen LogP contribution is 2.41.